The zero-order chi connectivity index (χ0) is 10.6. The number of hydrogen-bond acceptors (Lipinski definition) is 4. The van der Waals surface area contributed by atoms with E-state index in [0.29, 0.717) is 12.0 Å². The van der Waals surface area contributed by atoms with Gasteiger partial charge in [0, 0.05) is 12.2 Å². The third-order valence-electron chi connectivity index (χ3n) is 2.09. The topological polar surface area (TPSA) is 86.7 Å². The molecule has 0 fully saturated rings. The lowest BCUT2D eigenvalue weighted by molar-refractivity contribution is 0.265. The lowest BCUT2D eigenvalue weighted by atomic mass is 10.0. The molecule has 0 saturated carbocycles. The van der Waals surface area contributed by atoms with Crippen molar-refractivity contribution in [1.82, 2.24) is 0 Å². The first-order valence-corrected chi connectivity index (χ1v) is 4.48. The summed E-state index contributed by atoms with van der Waals surface area (Å²) in [5.74, 6) is 0.0771. The number of aliphatic hydroxyl groups excluding tert-OH is 2. The number of hydrogen-bond donors (Lipinski definition) is 4. The van der Waals surface area contributed by atoms with Gasteiger partial charge < -0.3 is 21.1 Å². The second kappa shape index (κ2) is 4.95. The van der Waals surface area contributed by atoms with Gasteiger partial charge in [-0.2, -0.15) is 0 Å². The Kier molecular flexibility index (Phi) is 3.88. The van der Waals surface area contributed by atoms with Gasteiger partial charge in [0.1, 0.15) is 5.75 Å². The van der Waals surface area contributed by atoms with Crippen molar-refractivity contribution in [2.45, 2.75) is 12.5 Å². The molecule has 0 heterocycles. The summed E-state index contributed by atoms with van der Waals surface area (Å²) in [6.07, 6.45) is 0.519. The Morgan fingerprint density at radius 3 is 2.57 bits per heavy atom. The van der Waals surface area contributed by atoms with Gasteiger partial charge in [-0.15, -0.1) is 0 Å². The molecule has 1 atom stereocenters. The van der Waals surface area contributed by atoms with Crippen LogP contribution in [0.4, 0.5) is 0 Å². The van der Waals surface area contributed by atoms with E-state index in [4.69, 9.17) is 15.9 Å². The van der Waals surface area contributed by atoms with E-state index in [2.05, 4.69) is 0 Å². The Morgan fingerprint density at radius 1 is 1.29 bits per heavy atom. The number of nitrogens with two attached hydrogens (primary N) is 1. The van der Waals surface area contributed by atoms with Crippen molar-refractivity contribution >= 4 is 0 Å². The van der Waals surface area contributed by atoms with Gasteiger partial charge in [0.2, 0.25) is 0 Å². The third-order valence-corrected chi connectivity index (χ3v) is 2.09. The van der Waals surface area contributed by atoms with Gasteiger partial charge in [0.25, 0.3) is 0 Å². The molecule has 0 radical (unpaired) electrons. The van der Waals surface area contributed by atoms with Crippen molar-refractivity contribution in [3.05, 3.63) is 29.3 Å². The van der Waals surface area contributed by atoms with E-state index in [1.165, 1.54) is 6.07 Å². The fourth-order valence-corrected chi connectivity index (χ4v) is 1.28. The zero-order valence-corrected chi connectivity index (χ0v) is 7.85. The summed E-state index contributed by atoms with van der Waals surface area (Å²) in [7, 11) is 0. The highest BCUT2D eigenvalue weighted by molar-refractivity contribution is 5.38. The Morgan fingerprint density at radius 2 is 2.00 bits per heavy atom. The quantitative estimate of drug-likeness (QED) is 0.543. The molecule has 5 N–H and O–H groups in total. The molecule has 1 rings (SSSR count). The predicted molar refractivity (Wildman–Crippen MR) is 52.9 cm³/mol. The van der Waals surface area contributed by atoms with Crippen molar-refractivity contribution < 1.29 is 15.3 Å². The standard InChI is InChI=1S/C10H15NO3/c11-9(6-13)8-5-7(3-4-12)1-2-10(8)14/h1-2,5,9,12-14H,3-4,6,11H2/t9-/m1/s1. The van der Waals surface area contributed by atoms with Gasteiger partial charge in [0.15, 0.2) is 0 Å². The van der Waals surface area contributed by atoms with Crippen LogP contribution in [-0.2, 0) is 6.42 Å². The first kappa shape index (κ1) is 11.0. The monoisotopic (exact) mass is 197 g/mol. The lowest BCUT2D eigenvalue weighted by Crippen LogP contribution is -2.15. The van der Waals surface area contributed by atoms with Crippen LogP contribution >= 0.6 is 0 Å². The summed E-state index contributed by atoms with van der Waals surface area (Å²) in [5.41, 5.74) is 6.99. The van der Waals surface area contributed by atoms with Gasteiger partial charge in [-0.25, -0.2) is 0 Å². The van der Waals surface area contributed by atoms with Crippen molar-refractivity contribution in [1.29, 1.82) is 0 Å². The predicted octanol–water partition coefficient (Wildman–Crippen LogP) is -0.0809. The fraction of sp³-hybridized carbons (Fsp3) is 0.400. The third kappa shape index (κ3) is 2.45. The largest absolute Gasteiger partial charge is 0.508 e. The average molecular weight is 197 g/mol. The van der Waals surface area contributed by atoms with E-state index in [0.717, 1.165) is 5.56 Å². The highest BCUT2D eigenvalue weighted by Gasteiger charge is 2.10. The Hall–Kier alpha value is -1.10. The maximum absolute atomic E-state index is 9.45. The van der Waals surface area contributed by atoms with Crippen LogP contribution in [0.25, 0.3) is 0 Å². The molecule has 0 aliphatic heterocycles. The molecular formula is C10H15NO3. The maximum Gasteiger partial charge on any atom is 0.120 e. The van der Waals surface area contributed by atoms with Crippen molar-refractivity contribution in [2.24, 2.45) is 5.73 Å². The second-order valence-electron chi connectivity index (χ2n) is 3.16. The van der Waals surface area contributed by atoms with Gasteiger partial charge in [0.05, 0.1) is 12.6 Å². The molecule has 0 aromatic heterocycles. The van der Waals surface area contributed by atoms with Crippen molar-refractivity contribution in [2.75, 3.05) is 13.2 Å². The molecule has 0 saturated heterocycles. The van der Waals surface area contributed by atoms with Crippen LogP contribution in [0.2, 0.25) is 0 Å². The normalized spacial score (nSPS) is 12.8. The number of rotatable bonds is 4. The minimum atomic E-state index is -0.575. The first-order valence-electron chi connectivity index (χ1n) is 4.48. The molecular weight excluding hydrogens is 182 g/mol. The second-order valence-corrected chi connectivity index (χ2v) is 3.16. The van der Waals surface area contributed by atoms with E-state index >= 15 is 0 Å². The summed E-state index contributed by atoms with van der Waals surface area (Å²) in [4.78, 5) is 0. The summed E-state index contributed by atoms with van der Waals surface area (Å²) in [6, 6.07) is 4.37. The molecule has 4 nitrogen and oxygen atoms in total. The molecule has 0 aliphatic carbocycles. The molecule has 1 aromatic rings. The smallest absolute Gasteiger partial charge is 0.120 e. The van der Waals surface area contributed by atoms with Gasteiger partial charge in [-0.3, -0.25) is 0 Å². The summed E-state index contributed by atoms with van der Waals surface area (Å²) in [6.45, 7) is -0.158. The average Bonchev–Trinajstić information content (AvgIpc) is 2.20. The van der Waals surface area contributed by atoms with Crippen LogP contribution in [0.3, 0.4) is 0 Å². The van der Waals surface area contributed by atoms with E-state index in [1.54, 1.807) is 12.1 Å². The van der Waals surface area contributed by atoms with Gasteiger partial charge in [-0.1, -0.05) is 12.1 Å². The van der Waals surface area contributed by atoms with Crippen LogP contribution in [-0.4, -0.2) is 28.5 Å². The van der Waals surface area contributed by atoms with E-state index in [1.807, 2.05) is 0 Å². The summed E-state index contributed by atoms with van der Waals surface area (Å²) >= 11 is 0. The fourth-order valence-electron chi connectivity index (χ4n) is 1.28. The molecule has 78 valence electrons. The lowest BCUT2D eigenvalue weighted by Gasteiger charge is -2.12. The van der Waals surface area contributed by atoms with Crippen LogP contribution in [0.1, 0.15) is 17.2 Å². The first-order chi connectivity index (χ1) is 6.69. The van der Waals surface area contributed by atoms with Crippen LogP contribution in [0, 0.1) is 0 Å². The SMILES string of the molecule is N[C@H](CO)c1cc(CCO)ccc1O. The minimum absolute atomic E-state index is 0.0541. The number of aliphatic hydroxyl groups is 2. The molecule has 0 unspecified atom stereocenters. The van der Waals surface area contributed by atoms with E-state index in [9.17, 15) is 5.11 Å². The number of phenols is 1. The van der Waals surface area contributed by atoms with Crippen molar-refractivity contribution in [3.8, 4) is 5.75 Å². The Balaban J connectivity index is 2.95. The zero-order valence-electron chi connectivity index (χ0n) is 7.85. The minimum Gasteiger partial charge on any atom is -0.508 e. The van der Waals surface area contributed by atoms with Gasteiger partial charge >= 0.3 is 0 Å². The number of phenolic OH excluding ortho intramolecular Hbond substituents is 1. The van der Waals surface area contributed by atoms with E-state index in [-0.39, 0.29) is 19.0 Å². The van der Waals surface area contributed by atoms with Gasteiger partial charge in [-0.05, 0) is 18.1 Å². The molecule has 1 aromatic carbocycles. The molecule has 0 amide bonds. The molecule has 4 heteroatoms. The van der Waals surface area contributed by atoms with Crippen molar-refractivity contribution in [3.63, 3.8) is 0 Å². The van der Waals surface area contributed by atoms with Crippen LogP contribution in [0.15, 0.2) is 18.2 Å². The molecule has 0 bridgehead atoms. The highest BCUT2D eigenvalue weighted by Crippen LogP contribution is 2.23. The van der Waals surface area contributed by atoms with E-state index < -0.39 is 6.04 Å². The Labute approximate surface area is 82.6 Å². The van der Waals surface area contributed by atoms with Crippen LogP contribution < -0.4 is 5.73 Å². The highest BCUT2D eigenvalue weighted by atomic mass is 16.3. The summed E-state index contributed by atoms with van der Waals surface area (Å²) < 4.78 is 0. The Bertz CT molecular complexity index is 301. The molecule has 0 spiro atoms. The molecule has 0 aliphatic rings. The number of benzene rings is 1. The summed E-state index contributed by atoms with van der Waals surface area (Å²) in [5, 5.41) is 27.0. The maximum atomic E-state index is 9.45. The number of aromatic hydroxyl groups is 1. The van der Waals surface area contributed by atoms with Crippen LogP contribution in [0.5, 0.6) is 5.75 Å². The molecule has 14 heavy (non-hydrogen) atoms.